The summed E-state index contributed by atoms with van der Waals surface area (Å²) < 4.78 is 78.3. The number of nitrogens with one attached hydrogen (secondary N) is 1. The fraction of sp³-hybridized carbons (Fsp3) is 0.500. The lowest BCUT2D eigenvalue weighted by Gasteiger charge is -2.27. The van der Waals surface area contributed by atoms with Gasteiger partial charge in [-0.3, -0.25) is 9.59 Å². The number of hydrogen-bond acceptors (Lipinski definition) is 5. The molecule has 2 atom stereocenters. The minimum Gasteiger partial charge on any atom is -0.382 e. The summed E-state index contributed by atoms with van der Waals surface area (Å²) >= 11 is 0. The van der Waals surface area contributed by atoms with Crippen molar-refractivity contribution in [2.24, 2.45) is 5.92 Å². The highest BCUT2D eigenvalue weighted by Gasteiger charge is 2.41. The fourth-order valence-corrected chi connectivity index (χ4v) is 5.90. The van der Waals surface area contributed by atoms with Crippen molar-refractivity contribution in [2.75, 3.05) is 18.1 Å². The molecule has 0 bridgehead atoms. The molecule has 2 fully saturated rings. The number of carbonyl (C=O) groups is 2. The van der Waals surface area contributed by atoms with Gasteiger partial charge in [0.1, 0.15) is 5.82 Å². The van der Waals surface area contributed by atoms with Gasteiger partial charge in [-0.2, -0.15) is 13.2 Å². The number of rotatable bonds is 9. The van der Waals surface area contributed by atoms with Crippen molar-refractivity contribution < 1.29 is 35.6 Å². The summed E-state index contributed by atoms with van der Waals surface area (Å²) in [7, 11) is -3.59. The Bertz CT molecular complexity index is 1370. The highest BCUT2D eigenvalue weighted by atomic mass is 32.2. The summed E-state index contributed by atoms with van der Waals surface area (Å²) in [6, 6.07) is 5.86. The van der Waals surface area contributed by atoms with Crippen LogP contribution in [0.2, 0.25) is 0 Å². The molecule has 212 valence electrons. The molecule has 2 aliphatic rings. The first kappa shape index (κ1) is 29.0. The second kappa shape index (κ2) is 10.9. The number of anilines is 1. The molecular formula is C28H32F4N2O4S. The average Bonchev–Trinajstić information content (AvgIpc) is 3.56. The van der Waals surface area contributed by atoms with E-state index in [1.807, 2.05) is 13.8 Å². The van der Waals surface area contributed by atoms with Crippen molar-refractivity contribution in [2.45, 2.75) is 75.0 Å². The number of ketones is 1. The van der Waals surface area contributed by atoms with E-state index in [2.05, 4.69) is 5.32 Å². The molecule has 0 spiro atoms. The molecule has 1 N–H and O–H groups in total. The minimum atomic E-state index is -4.67. The van der Waals surface area contributed by atoms with Gasteiger partial charge in [-0.05, 0) is 87.3 Å². The van der Waals surface area contributed by atoms with E-state index in [9.17, 15) is 35.6 Å². The highest BCUT2D eigenvalue weighted by molar-refractivity contribution is 7.90. The zero-order valence-electron chi connectivity index (χ0n) is 22.0. The number of alkyl halides is 3. The number of halogens is 4. The Labute approximate surface area is 225 Å². The number of likely N-dealkylation sites (tertiary alicyclic amines) is 1. The lowest BCUT2D eigenvalue weighted by molar-refractivity contribution is -0.137. The van der Waals surface area contributed by atoms with Gasteiger partial charge < -0.3 is 10.2 Å². The third-order valence-electron chi connectivity index (χ3n) is 7.32. The first-order valence-corrected chi connectivity index (χ1v) is 14.9. The first-order valence-electron chi connectivity index (χ1n) is 13.0. The molecule has 2 aromatic carbocycles. The van der Waals surface area contributed by atoms with Crippen LogP contribution in [0.5, 0.6) is 0 Å². The first-order chi connectivity index (χ1) is 18.2. The van der Waals surface area contributed by atoms with E-state index in [4.69, 9.17) is 0 Å². The predicted molar refractivity (Wildman–Crippen MR) is 139 cm³/mol. The van der Waals surface area contributed by atoms with Gasteiger partial charge in [0.05, 0.1) is 22.1 Å². The summed E-state index contributed by atoms with van der Waals surface area (Å²) in [4.78, 5) is 28.6. The Morgan fingerprint density at radius 3 is 2.33 bits per heavy atom. The number of carbonyl (C=O) groups excluding carboxylic acids is 2. The Balaban J connectivity index is 1.60. The average molecular weight is 569 g/mol. The molecule has 1 saturated carbocycles. The van der Waals surface area contributed by atoms with Gasteiger partial charge in [-0.1, -0.05) is 6.07 Å². The van der Waals surface area contributed by atoms with Crippen molar-refractivity contribution in [3.8, 4) is 0 Å². The summed E-state index contributed by atoms with van der Waals surface area (Å²) in [5.74, 6) is -2.35. The number of benzene rings is 2. The molecule has 0 radical (unpaired) electrons. The Morgan fingerprint density at radius 1 is 1.08 bits per heavy atom. The summed E-state index contributed by atoms with van der Waals surface area (Å²) in [6.45, 7) is 4.04. The van der Waals surface area contributed by atoms with E-state index in [1.165, 1.54) is 23.1 Å². The molecule has 1 aliphatic heterocycles. The highest BCUT2D eigenvalue weighted by Crippen LogP contribution is 2.46. The van der Waals surface area contributed by atoms with Gasteiger partial charge in [-0.15, -0.1) is 0 Å². The second-order valence-corrected chi connectivity index (χ2v) is 12.8. The lowest BCUT2D eigenvalue weighted by atomic mass is 9.86. The van der Waals surface area contributed by atoms with Crippen LogP contribution in [0.4, 0.5) is 23.2 Å². The number of sulfone groups is 1. The second-order valence-electron chi connectivity index (χ2n) is 10.8. The molecule has 1 saturated heterocycles. The van der Waals surface area contributed by atoms with E-state index in [-0.39, 0.29) is 40.2 Å². The van der Waals surface area contributed by atoms with Crippen LogP contribution < -0.4 is 5.32 Å². The van der Waals surface area contributed by atoms with Crippen LogP contribution in [-0.2, 0) is 20.8 Å². The van der Waals surface area contributed by atoms with Crippen molar-refractivity contribution in [1.82, 2.24) is 4.90 Å². The van der Waals surface area contributed by atoms with Crippen molar-refractivity contribution in [3.05, 3.63) is 58.9 Å². The Kier molecular flexibility index (Phi) is 8.12. The fourth-order valence-electron chi connectivity index (χ4n) is 5.25. The molecule has 6 nitrogen and oxygen atoms in total. The number of hydrogen-bond donors (Lipinski definition) is 1. The summed E-state index contributed by atoms with van der Waals surface area (Å²) in [5.41, 5.74) is -0.416. The van der Waals surface area contributed by atoms with E-state index >= 15 is 0 Å². The smallest absolute Gasteiger partial charge is 0.382 e. The van der Waals surface area contributed by atoms with Gasteiger partial charge in [0.2, 0.25) is 0 Å². The van der Waals surface area contributed by atoms with Crippen LogP contribution >= 0.6 is 0 Å². The SMILES string of the molecule is CC(C)Nc1ccc(S(C)(=O)=O)cc1C(=O)N1CCC[C@@H]1C(=O)C[C@@H](c1ccc(C(F)(F)F)cc1F)C1CC1. The Hall–Kier alpha value is -2.95. The third-order valence-corrected chi connectivity index (χ3v) is 8.43. The van der Waals surface area contributed by atoms with Crippen molar-refractivity contribution >= 4 is 27.2 Å². The maximum Gasteiger partial charge on any atom is 0.416 e. The molecule has 0 unspecified atom stereocenters. The summed E-state index contributed by atoms with van der Waals surface area (Å²) in [6.07, 6.45) is -1.27. The molecule has 11 heteroatoms. The van der Waals surface area contributed by atoms with Crippen LogP contribution in [0.25, 0.3) is 0 Å². The maximum absolute atomic E-state index is 14.8. The van der Waals surface area contributed by atoms with Crippen molar-refractivity contribution in [1.29, 1.82) is 0 Å². The predicted octanol–water partition coefficient (Wildman–Crippen LogP) is 5.83. The quantitative estimate of drug-likeness (QED) is 0.385. The van der Waals surface area contributed by atoms with Crippen molar-refractivity contribution in [3.63, 3.8) is 0 Å². The monoisotopic (exact) mass is 568 g/mol. The molecule has 1 heterocycles. The van der Waals surface area contributed by atoms with Gasteiger partial charge in [0.15, 0.2) is 15.6 Å². The summed E-state index contributed by atoms with van der Waals surface area (Å²) in [5, 5.41) is 3.15. The zero-order chi connectivity index (χ0) is 28.7. The topological polar surface area (TPSA) is 83.6 Å². The molecule has 1 aliphatic carbocycles. The van der Waals surface area contributed by atoms with Gasteiger partial charge in [-0.25, -0.2) is 12.8 Å². The number of Topliss-reactive ketones (excluding diaryl/α,β-unsaturated/α-hetero) is 1. The van der Waals surface area contributed by atoms with E-state index in [1.54, 1.807) is 0 Å². The number of nitrogens with zero attached hydrogens (tertiary/aromatic N) is 1. The van der Waals surface area contributed by atoms with Crippen LogP contribution in [0.3, 0.4) is 0 Å². The van der Waals surface area contributed by atoms with Crippen LogP contribution in [0, 0.1) is 11.7 Å². The van der Waals surface area contributed by atoms with Gasteiger partial charge in [0.25, 0.3) is 5.91 Å². The molecular weight excluding hydrogens is 536 g/mol. The van der Waals surface area contributed by atoms with E-state index in [0.717, 1.165) is 31.2 Å². The van der Waals surface area contributed by atoms with Crippen LogP contribution in [0.15, 0.2) is 41.3 Å². The van der Waals surface area contributed by atoms with Crippen LogP contribution in [-0.4, -0.2) is 49.9 Å². The lowest BCUT2D eigenvalue weighted by Crippen LogP contribution is -2.41. The maximum atomic E-state index is 14.8. The largest absolute Gasteiger partial charge is 0.416 e. The van der Waals surface area contributed by atoms with Crippen LogP contribution in [0.1, 0.15) is 73.4 Å². The van der Waals surface area contributed by atoms with Gasteiger partial charge >= 0.3 is 6.18 Å². The van der Waals surface area contributed by atoms with E-state index < -0.39 is 45.3 Å². The van der Waals surface area contributed by atoms with E-state index in [0.29, 0.717) is 31.1 Å². The van der Waals surface area contributed by atoms with Gasteiger partial charge in [0, 0.05) is 31.0 Å². The molecule has 1 amide bonds. The zero-order valence-corrected chi connectivity index (χ0v) is 22.8. The third kappa shape index (κ3) is 6.62. The normalized spacial score (nSPS) is 18.9. The standard InChI is InChI=1S/C28H32F4N2O4S/c1-16(2)33-24-11-9-19(39(3,37)38)14-22(24)27(36)34-12-4-5-25(34)26(35)15-21(17-6-7-17)20-10-8-18(13-23(20)29)28(30,31)32/h8-11,13-14,16-17,21,25,33H,4-7,12,15H2,1-3H3/t21-,25-/m1/s1. The molecule has 39 heavy (non-hydrogen) atoms. The molecule has 2 aromatic rings. The molecule has 0 aromatic heterocycles. The Morgan fingerprint density at radius 2 is 1.77 bits per heavy atom. The minimum absolute atomic E-state index is 0.0148. The molecule has 4 rings (SSSR count). The number of amides is 1.